The van der Waals surface area contributed by atoms with Crippen molar-refractivity contribution in [1.82, 2.24) is 0 Å². The molecule has 24 heavy (non-hydrogen) atoms. The third-order valence-corrected chi connectivity index (χ3v) is 3.26. The number of hydrogen-bond acceptors (Lipinski definition) is 6. The molecule has 2 aromatic rings. The molecule has 0 aliphatic carbocycles. The van der Waals surface area contributed by atoms with Crippen LogP contribution in [0.15, 0.2) is 41.5 Å². The van der Waals surface area contributed by atoms with Crippen LogP contribution in [0.2, 0.25) is 0 Å². The molecule has 126 valence electrons. The van der Waals surface area contributed by atoms with Gasteiger partial charge in [0.25, 0.3) is 0 Å². The van der Waals surface area contributed by atoms with Gasteiger partial charge in [0.2, 0.25) is 5.75 Å². The molecule has 0 bridgehead atoms. The van der Waals surface area contributed by atoms with E-state index in [1.807, 2.05) is 0 Å². The van der Waals surface area contributed by atoms with E-state index < -0.39 is 5.97 Å². The number of aromatic carboxylic acids is 1. The van der Waals surface area contributed by atoms with Crippen LogP contribution in [0.5, 0.6) is 17.2 Å². The van der Waals surface area contributed by atoms with Crippen LogP contribution in [-0.2, 0) is 0 Å². The number of benzene rings is 2. The lowest BCUT2D eigenvalue weighted by atomic mass is 10.2. The number of anilines is 1. The number of methoxy groups -OCH3 is 3. The molecule has 2 N–H and O–H groups in total. The minimum absolute atomic E-state index is 0.214. The van der Waals surface area contributed by atoms with Crippen LogP contribution in [0.1, 0.15) is 15.9 Å². The van der Waals surface area contributed by atoms with Gasteiger partial charge in [-0.05, 0) is 36.4 Å². The second-order valence-electron chi connectivity index (χ2n) is 4.68. The van der Waals surface area contributed by atoms with E-state index in [-0.39, 0.29) is 5.56 Å². The quantitative estimate of drug-likeness (QED) is 0.599. The molecule has 0 saturated heterocycles. The van der Waals surface area contributed by atoms with Gasteiger partial charge in [-0.25, -0.2) is 4.79 Å². The molecule has 0 spiro atoms. The highest BCUT2D eigenvalue weighted by atomic mass is 16.5. The van der Waals surface area contributed by atoms with Crippen molar-refractivity contribution in [2.45, 2.75) is 0 Å². The second kappa shape index (κ2) is 7.87. The third-order valence-electron chi connectivity index (χ3n) is 3.26. The number of carbonyl (C=O) groups is 1. The summed E-state index contributed by atoms with van der Waals surface area (Å²) >= 11 is 0. The van der Waals surface area contributed by atoms with Gasteiger partial charge < -0.3 is 19.3 Å². The lowest BCUT2D eigenvalue weighted by molar-refractivity contribution is 0.0697. The fraction of sp³-hybridized carbons (Fsp3) is 0.176. The molecule has 0 unspecified atom stereocenters. The minimum Gasteiger partial charge on any atom is -0.493 e. The molecule has 0 amide bonds. The summed E-state index contributed by atoms with van der Waals surface area (Å²) in [4.78, 5) is 10.8. The van der Waals surface area contributed by atoms with Gasteiger partial charge in [0.1, 0.15) is 0 Å². The van der Waals surface area contributed by atoms with Gasteiger partial charge in [-0.3, -0.25) is 5.43 Å². The highest BCUT2D eigenvalue weighted by molar-refractivity contribution is 5.88. The fourth-order valence-electron chi connectivity index (χ4n) is 2.09. The number of hydrazone groups is 1. The van der Waals surface area contributed by atoms with Crippen molar-refractivity contribution in [2.75, 3.05) is 26.8 Å². The highest BCUT2D eigenvalue weighted by Crippen LogP contribution is 2.38. The summed E-state index contributed by atoms with van der Waals surface area (Å²) in [6, 6.07) is 9.80. The Labute approximate surface area is 139 Å². The molecular weight excluding hydrogens is 312 g/mol. The Bertz CT molecular complexity index is 741. The van der Waals surface area contributed by atoms with Gasteiger partial charge in [0.05, 0.1) is 38.8 Å². The number of nitrogens with one attached hydrogen (secondary N) is 1. The lowest BCUT2D eigenvalue weighted by Gasteiger charge is -2.13. The van der Waals surface area contributed by atoms with Gasteiger partial charge in [0.15, 0.2) is 11.5 Å². The molecule has 0 heterocycles. The van der Waals surface area contributed by atoms with E-state index in [1.54, 1.807) is 37.6 Å². The van der Waals surface area contributed by atoms with E-state index in [0.29, 0.717) is 28.5 Å². The van der Waals surface area contributed by atoms with E-state index in [0.717, 1.165) is 0 Å². The molecule has 2 aromatic carbocycles. The molecule has 0 saturated carbocycles. The number of ether oxygens (including phenoxy) is 3. The molecule has 0 fully saturated rings. The third kappa shape index (κ3) is 3.75. The van der Waals surface area contributed by atoms with Crippen molar-refractivity contribution in [3.05, 3.63) is 47.5 Å². The van der Waals surface area contributed by atoms with Crippen molar-refractivity contribution in [2.24, 2.45) is 5.10 Å². The molecule has 2 rings (SSSR count). The van der Waals surface area contributed by atoms with Gasteiger partial charge in [-0.1, -0.05) is 0 Å². The molecule has 0 radical (unpaired) electrons. The molecule has 0 aliphatic heterocycles. The molecule has 7 heteroatoms. The zero-order valence-corrected chi connectivity index (χ0v) is 13.6. The SMILES string of the molecule is COc1ccc(/C=N/Nc2ccc(C(=O)O)cc2)c(OC)c1OC. The van der Waals surface area contributed by atoms with E-state index in [4.69, 9.17) is 19.3 Å². The minimum atomic E-state index is -0.972. The lowest BCUT2D eigenvalue weighted by Crippen LogP contribution is -1.99. The van der Waals surface area contributed by atoms with Crippen molar-refractivity contribution < 1.29 is 24.1 Å². The highest BCUT2D eigenvalue weighted by Gasteiger charge is 2.14. The molecule has 0 aliphatic rings. The Balaban J connectivity index is 2.18. The Morgan fingerprint density at radius 3 is 2.21 bits per heavy atom. The summed E-state index contributed by atoms with van der Waals surface area (Å²) in [5, 5.41) is 13.0. The van der Waals surface area contributed by atoms with Gasteiger partial charge in [0, 0.05) is 5.56 Å². The summed E-state index contributed by atoms with van der Waals surface area (Å²) in [5.41, 5.74) is 4.40. The van der Waals surface area contributed by atoms with E-state index in [9.17, 15) is 4.79 Å². The number of nitrogens with zero attached hydrogens (tertiary/aromatic N) is 1. The number of rotatable bonds is 7. The van der Waals surface area contributed by atoms with Crippen LogP contribution in [0.3, 0.4) is 0 Å². The first-order valence-electron chi connectivity index (χ1n) is 7.02. The largest absolute Gasteiger partial charge is 0.493 e. The molecule has 0 aromatic heterocycles. The predicted molar refractivity (Wildman–Crippen MR) is 90.7 cm³/mol. The smallest absolute Gasteiger partial charge is 0.335 e. The average molecular weight is 330 g/mol. The summed E-state index contributed by atoms with van der Waals surface area (Å²) < 4.78 is 15.9. The maximum atomic E-state index is 10.8. The predicted octanol–water partition coefficient (Wildman–Crippen LogP) is 2.86. The Hall–Kier alpha value is -3.22. The van der Waals surface area contributed by atoms with Crippen molar-refractivity contribution in [3.63, 3.8) is 0 Å². The van der Waals surface area contributed by atoms with Crippen molar-refractivity contribution in [3.8, 4) is 17.2 Å². The molecular formula is C17H18N2O5. The first-order valence-corrected chi connectivity index (χ1v) is 7.02. The Kier molecular flexibility index (Phi) is 5.62. The van der Waals surface area contributed by atoms with Gasteiger partial charge in [-0.15, -0.1) is 0 Å². The number of carboxylic acids is 1. The Morgan fingerprint density at radius 2 is 1.67 bits per heavy atom. The molecule has 0 atom stereocenters. The maximum absolute atomic E-state index is 10.8. The first-order chi connectivity index (χ1) is 11.6. The van der Waals surface area contributed by atoms with E-state index in [2.05, 4.69) is 10.5 Å². The zero-order chi connectivity index (χ0) is 17.5. The van der Waals surface area contributed by atoms with Gasteiger partial charge >= 0.3 is 5.97 Å². The van der Waals surface area contributed by atoms with Crippen LogP contribution in [0, 0.1) is 0 Å². The number of carboxylic acid groups (broad SMARTS) is 1. The zero-order valence-electron chi connectivity index (χ0n) is 13.6. The number of hydrogen-bond donors (Lipinski definition) is 2. The fourth-order valence-corrected chi connectivity index (χ4v) is 2.09. The Morgan fingerprint density at radius 1 is 1.00 bits per heavy atom. The van der Waals surface area contributed by atoms with Crippen LogP contribution < -0.4 is 19.6 Å². The average Bonchev–Trinajstić information content (AvgIpc) is 2.61. The summed E-state index contributed by atoms with van der Waals surface area (Å²) in [6.07, 6.45) is 1.58. The van der Waals surface area contributed by atoms with Crippen LogP contribution in [-0.4, -0.2) is 38.6 Å². The van der Waals surface area contributed by atoms with Crippen LogP contribution in [0.4, 0.5) is 5.69 Å². The van der Waals surface area contributed by atoms with Gasteiger partial charge in [-0.2, -0.15) is 5.10 Å². The topological polar surface area (TPSA) is 89.4 Å². The molecule has 7 nitrogen and oxygen atoms in total. The second-order valence-corrected chi connectivity index (χ2v) is 4.68. The summed E-state index contributed by atoms with van der Waals surface area (Å²) in [5.74, 6) is 0.572. The maximum Gasteiger partial charge on any atom is 0.335 e. The van der Waals surface area contributed by atoms with Crippen molar-refractivity contribution >= 4 is 17.9 Å². The van der Waals surface area contributed by atoms with Crippen molar-refractivity contribution in [1.29, 1.82) is 0 Å². The summed E-state index contributed by atoms with van der Waals surface area (Å²) in [7, 11) is 4.61. The monoisotopic (exact) mass is 330 g/mol. The first kappa shape index (κ1) is 17.1. The normalized spacial score (nSPS) is 10.5. The van der Waals surface area contributed by atoms with E-state index in [1.165, 1.54) is 26.4 Å². The standard InChI is InChI=1S/C17H18N2O5/c1-22-14-9-6-12(15(23-2)16(14)24-3)10-18-19-13-7-4-11(5-8-13)17(20)21/h4-10,19H,1-3H3,(H,20,21)/b18-10+. The van der Waals surface area contributed by atoms with Crippen LogP contribution in [0.25, 0.3) is 0 Å². The van der Waals surface area contributed by atoms with E-state index >= 15 is 0 Å². The summed E-state index contributed by atoms with van der Waals surface area (Å²) in [6.45, 7) is 0. The van der Waals surface area contributed by atoms with Crippen LogP contribution >= 0.6 is 0 Å².